The van der Waals surface area contributed by atoms with Crippen molar-refractivity contribution in [3.63, 3.8) is 0 Å². The van der Waals surface area contributed by atoms with Crippen LogP contribution < -0.4 is 10.1 Å². The molecule has 0 aliphatic carbocycles. The summed E-state index contributed by atoms with van der Waals surface area (Å²) >= 11 is 1.37. The van der Waals surface area contributed by atoms with Crippen LogP contribution in [0.15, 0.2) is 66.0 Å². The summed E-state index contributed by atoms with van der Waals surface area (Å²) in [4.78, 5) is 45.8. The second-order valence-corrected chi connectivity index (χ2v) is 10.5. The van der Waals surface area contributed by atoms with Crippen LogP contribution in [0.3, 0.4) is 0 Å². The lowest BCUT2D eigenvalue weighted by Crippen LogP contribution is -2.54. The van der Waals surface area contributed by atoms with Gasteiger partial charge in [-0.3, -0.25) is 14.5 Å². The highest BCUT2D eigenvalue weighted by Gasteiger charge is 2.48. The van der Waals surface area contributed by atoms with E-state index in [1.807, 2.05) is 40.6 Å². The van der Waals surface area contributed by atoms with Crippen molar-refractivity contribution in [3.05, 3.63) is 82.0 Å². The number of hydrogen-bond donors (Lipinski definition) is 1. The molecule has 2 fully saturated rings. The third-order valence-corrected chi connectivity index (χ3v) is 8.07. The van der Waals surface area contributed by atoms with Gasteiger partial charge in [0.1, 0.15) is 5.75 Å². The normalized spacial score (nSPS) is 19.6. The highest BCUT2D eigenvalue weighted by molar-refractivity contribution is 7.12. The Morgan fingerprint density at radius 1 is 1.05 bits per heavy atom. The van der Waals surface area contributed by atoms with E-state index in [2.05, 4.69) is 17.1 Å². The fourth-order valence-electron chi connectivity index (χ4n) is 4.99. The molecule has 39 heavy (non-hydrogen) atoms. The zero-order valence-corrected chi connectivity index (χ0v) is 22.9. The molecule has 2 saturated heterocycles. The number of anilines is 1. The minimum atomic E-state index is -0.816. The van der Waals surface area contributed by atoms with Gasteiger partial charge in [-0.05, 0) is 53.4 Å². The van der Waals surface area contributed by atoms with Gasteiger partial charge in [0.2, 0.25) is 5.91 Å². The Morgan fingerprint density at radius 3 is 2.49 bits per heavy atom. The van der Waals surface area contributed by atoms with E-state index in [1.54, 1.807) is 37.4 Å². The number of thiophene rings is 1. The van der Waals surface area contributed by atoms with Crippen molar-refractivity contribution in [2.45, 2.75) is 25.6 Å². The SMILES string of the molecule is CCN1CCN(C(=O)C2C(c3ccc(NC(=O)c4cccs4)cc3)OC(=O)N2Cc2cccc(OC)c2)CC1. The first-order valence-electron chi connectivity index (χ1n) is 13.0. The molecule has 2 aromatic carbocycles. The molecule has 1 N–H and O–H groups in total. The van der Waals surface area contributed by atoms with Gasteiger partial charge in [-0.2, -0.15) is 0 Å². The number of carbonyl (C=O) groups excluding carboxylic acids is 3. The molecule has 3 heterocycles. The molecule has 3 aromatic rings. The van der Waals surface area contributed by atoms with Crippen molar-refractivity contribution in [1.82, 2.24) is 14.7 Å². The maximum atomic E-state index is 13.9. The molecule has 2 atom stereocenters. The van der Waals surface area contributed by atoms with Gasteiger partial charge < -0.3 is 24.6 Å². The number of piperazine rings is 1. The Balaban J connectivity index is 1.39. The topological polar surface area (TPSA) is 91.4 Å². The average Bonchev–Trinajstić information content (AvgIpc) is 3.62. The van der Waals surface area contributed by atoms with Gasteiger partial charge in [-0.1, -0.05) is 37.3 Å². The summed E-state index contributed by atoms with van der Waals surface area (Å²) < 4.78 is 11.2. The number of likely N-dealkylation sites (N-methyl/N-ethyl adjacent to an activating group) is 1. The maximum absolute atomic E-state index is 13.9. The van der Waals surface area contributed by atoms with Gasteiger partial charge in [0.05, 0.1) is 18.5 Å². The molecule has 0 radical (unpaired) electrons. The first-order chi connectivity index (χ1) is 19.0. The zero-order chi connectivity index (χ0) is 27.4. The Bertz CT molecular complexity index is 1310. The second kappa shape index (κ2) is 11.9. The fraction of sp³-hybridized carbons (Fsp3) is 0.345. The number of nitrogens with zero attached hydrogens (tertiary/aromatic N) is 3. The summed E-state index contributed by atoms with van der Waals surface area (Å²) in [5.41, 5.74) is 2.15. The van der Waals surface area contributed by atoms with Crippen LogP contribution in [-0.2, 0) is 16.1 Å². The molecule has 10 heteroatoms. The van der Waals surface area contributed by atoms with E-state index < -0.39 is 18.2 Å². The van der Waals surface area contributed by atoms with E-state index in [-0.39, 0.29) is 18.4 Å². The van der Waals surface area contributed by atoms with Gasteiger partial charge in [0.25, 0.3) is 5.91 Å². The van der Waals surface area contributed by atoms with Gasteiger partial charge in [0, 0.05) is 31.9 Å². The monoisotopic (exact) mass is 548 g/mol. The molecule has 2 unspecified atom stereocenters. The van der Waals surface area contributed by atoms with Crippen LogP contribution in [0.25, 0.3) is 0 Å². The molecule has 0 bridgehead atoms. The van der Waals surface area contributed by atoms with Crippen molar-refractivity contribution in [2.24, 2.45) is 0 Å². The molecule has 2 aliphatic rings. The van der Waals surface area contributed by atoms with E-state index >= 15 is 0 Å². The Morgan fingerprint density at radius 2 is 1.82 bits per heavy atom. The van der Waals surface area contributed by atoms with Crippen molar-refractivity contribution in [3.8, 4) is 5.75 Å². The van der Waals surface area contributed by atoms with E-state index in [0.29, 0.717) is 35.0 Å². The molecular weight excluding hydrogens is 516 g/mol. The summed E-state index contributed by atoms with van der Waals surface area (Å²) in [6.07, 6.45) is -1.31. The molecule has 1 aromatic heterocycles. The standard InChI is InChI=1S/C29H32N4O5S/c1-3-31-13-15-32(16-14-31)28(35)25-26(38-29(36)33(25)19-20-6-4-7-23(18-20)37-2)21-9-11-22(12-10-21)30-27(34)24-8-5-17-39-24/h4-12,17-18,25-26H,3,13-16,19H2,1-2H3,(H,30,34). The number of rotatable bonds is 8. The molecular formula is C29H32N4O5S. The van der Waals surface area contributed by atoms with Crippen molar-refractivity contribution in [1.29, 1.82) is 0 Å². The van der Waals surface area contributed by atoms with Crippen LogP contribution in [0.2, 0.25) is 0 Å². The molecule has 0 spiro atoms. The number of benzene rings is 2. The predicted molar refractivity (Wildman–Crippen MR) is 149 cm³/mol. The number of methoxy groups -OCH3 is 1. The predicted octanol–water partition coefficient (Wildman–Crippen LogP) is 4.24. The number of amides is 3. The first kappa shape index (κ1) is 26.7. The molecule has 5 rings (SSSR count). The van der Waals surface area contributed by atoms with Crippen LogP contribution in [0.4, 0.5) is 10.5 Å². The average molecular weight is 549 g/mol. The molecule has 2 aliphatic heterocycles. The number of nitrogens with one attached hydrogen (secondary N) is 1. The Hall–Kier alpha value is -3.89. The molecule has 3 amide bonds. The van der Waals surface area contributed by atoms with Gasteiger partial charge in [-0.25, -0.2) is 4.79 Å². The smallest absolute Gasteiger partial charge is 0.411 e. The summed E-state index contributed by atoms with van der Waals surface area (Å²) in [5.74, 6) is 0.365. The van der Waals surface area contributed by atoms with Crippen molar-refractivity contribution in [2.75, 3.05) is 45.2 Å². The van der Waals surface area contributed by atoms with Gasteiger partial charge in [0.15, 0.2) is 12.1 Å². The van der Waals surface area contributed by atoms with Crippen LogP contribution in [0, 0.1) is 0 Å². The quantitative estimate of drug-likeness (QED) is 0.453. The van der Waals surface area contributed by atoms with E-state index in [4.69, 9.17) is 9.47 Å². The van der Waals surface area contributed by atoms with Crippen LogP contribution >= 0.6 is 11.3 Å². The van der Waals surface area contributed by atoms with E-state index in [1.165, 1.54) is 16.2 Å². The highest BCUT2D eigenvalue weighted by atomic mass is 32.1. The highest BCUT2D eigenvalue weighted by Crippen LogP contribution is 2.36. The lowest BCUT2D eigenvalue weighted by Gasteiger charge is -2.37. The minimum Gasteiger partial charge on any atom is -0.497 e. The van der Waals surface area contributed by atoms with Crippen LogP contribution in [0.5, 0.6) is 5.75 Å². The van der Waals surface area contributed by atoms with E-state index in [0.717, 1.165) is 25.2 Å². The lowest BCUT2D eigenvalue weighted by molar-refractivity contribution is -0.138. The molecule has 0 saturated carbocycles. The Labute approximate surface area is 231 Å². The third-order valence-electron chi connectivity index (χ3n) is 7.20. The second-order valence-electron chi connectivity index (χ2n) is 9.54. The zero-order valence-electron chi connectivity index (χ0n) is 22.0. The molecule has 204 valence electrons. The lowest BCUT2D eigenvalue weighted by atomic mass is 9.99. The summed E-state index contributed by atoms with van der Waals surface area (Å²) in [6.45, 7) is 6.06. The number of ether oxygens (including phenoxy) is 2. The van der Waals surface area contributed by atoms with Crippen LogP contribution in [-0.4, -0.2) is 78.5 Å². The van der Waals surface area contributed by atoms with E-state index in [9.17, 15) is 14.4 Å². The summed E-state index contributed by atoms with van der Waals surface area (Å²) in [7, 11) is 1.59. The van der Waals surface area contributed by atoms with Gasteiger partial charge in [-0.15, -0.1) is 11.3 Å². The van der Waals surface area contributed by atoms with Crippen molar-refractivity contribution < 1.29 is 23.9 Å². The third kappa shape index (κ3) is 5.91. The summed E-state index contributed by atoms with van der Waals surface area (Å²) in [6, 6.07) is 17.3. The Kier molecular flexibility index (Phi) is 8.13. The molecule has 9 nitrogen and oxygen atoms in total. The maximum Gasteiger partial charge on any atom is 0.411 e. The fourth-order valence-corrected chi connectivity index (χ4v) is 5.61. The number of hydrogen-bond acceptors (Lipinski definition) is 7. The number of cyclic esters (lactones) is 1. The first-order valence-corrected chi connectivity index (χ1v) is 13.9. The largest absolute Gasteiger partial charge is 0.497 e. The minimum absolute atomic E-state index is 0.125. The van der Waals surface area contributed by atoms with Crippen LogP contribution in [0.1, 0.15) is 33.8 Å². The van der Waals surface area contributed by atoms with Crippen molar-refractivity contribution >= 4 is 34.9 Å². The van der Waals surface area contributed by atoms with Gasteiger partial charge >= 0.3 is 6.09 Å². The summed E-state index contributed by atoms with van der Waals surface area (Å²) in [5, 5.41) is 4.73. The number of carbonyl (C=O) groups is 3.